The van der Waals surface area contributed by atoms with E-state index in [4.69, 9.17) is 0 Å². The average molecular weight is 422 g/mol. The molecule has 0 saturated heterocycles. The van der Waals surface area contributed by atoms with E-state index in [1.807, 2.05) is 36.4 Å². The van der Waals surface area contributed by atoms with Crippen LogP contribution < -0.4 is 0 Å². The molecule has 0 saturated carbocycles. The Hall–Kier alpha value is -0.300. The van der Waals surface area contributed by atoms with E-state index >= 15 is 0 Å². The number of rotatable bonds is 1. The average Bonchev–Trinajstić information content (AvgIpc) is 2.20. The van der Waals surface area contributed by atoms with Gasteiger partial charge >= 0.3 is 0 Å². The molecule has 0 aliphatic carbocycles. The maximum Gasteiger partial charge on any atom is 0.124 e. The quantitative estimate of drug-likeness (QED) is 0.682. The van der Waals surface area contributed by atoms with Crippen LogP contribution in [-0.2, 0) is 0 Å². The molecule has 0 fully saturated rings. The Labute approximate surface area is 116 Å². The molecule has 15 heavy (non-hydrogen) atoms. The van der Waals surface area contributed by atoms with Crippen molar-refractivity contribution in [3.63, 3.8) is 0 Å². The molecule has 0 aliphatic rings. The summed E-state index contributed by atoms with van der Waals surface area (Å²) in [5.41, 5.74) is 1.93. The van der Waals surface area contributed by atoms with Gasteiger partial charge in [0.2, 0.25) is 0 Å². The largest absolute Gasteiger partial charge is 0.507 e. The fraction of sp³-hybridized carbons (Fsp3) is 0. The third-order valence-corrected chi connectivity index (χ3v) is 3.51. The van der Waals surface area contributed by atoms with Crippen molar-refractivity contribution in [2.45, 2.75) is 0 Å². The third-order valence-electron chi connectivity index (χ3n) is 2.12. The molecule has 0 atom stereocenters. The zero-order valence-electron chi connectivity index (χ0n) is 7.74. The van der Waals surface area contributed by atoms with Crippen molar-refractivity contribution in [3.05, 3.63) is 49.6 Å². The number of hydrogen-bond acceptors (Lipinski definition) is 1. The van der Waals surface area contributed by atoms with Gasteiger partial charge in [-0.05, 0) is 81.1 Å². The van der Waals surface area contributed by atoms with Crippen molar-refractivity contribution in [1.29, 1.82) is 0 Å². The van der Waals surface area contributed by atoms with Crippen molar-refractivity contribution in [1.82, 2.24) is 0 Å². The molecule has 1 nitrogen and oxygen atoms in total. The molecule has 2 rings (SSSR count). The number of aromatic hydroxyl groups is 1. The molecule has 0 bridgehead atoms. The molecular formula is C12H8I2O. The Morgan fingerprint density at radius 1 is 0.800 bits per heavy atom. The van der Waals surface area contributed by atoms with Gasteiger partial charge < -0.3 is 5.11 Å². The molecule has 1 N–H and O–H groups in total. The second kappa shape index (κ2) is 4.69. The molecule has 3 heteroatoms. The SMILES string of the molecule is Oc1cc(I)ccc1-c1ccc(I)cc1. The van der Waals surface area contributed by atoms with Gasteiger partial charge in [0.25, 0.3) is 0 Å². The van der Waals surface area contributed by atoms with Crippen molar-refractivity contribution < 1.29 is 5.11 Å². The monoisotopic (exact) mass is 422 g/mol. The lowest BCUT2D eigenvalue weighted by Gasteiger charge is -2.05. The molecule has 2 aromatic rings. The number of phenols is 1. The number of benzene rings is 2. The van der Waals surface area contributed by atoms with Crippen LogP contribution in [0.3, 0.4) is 0 Å². The number of phenolic OH excluding ortho intramolecular Hbond substituents is 1. The lowest BCUT2D eigenvalue weighted by Crippen LogP contribution is -1.80. The van der Waals surface area contributed by atoms with Crippen LogP contribution in [-0.4, -0.2) is 5.11 Å². The molecular weight excluding hydrogens is 414 g/mol. The lowest BCUT2D eigenvalue weighted by molar-refractivity contribution is 0.477. The summed E-state index contributed by atoms with van der Waals surface area (Å²) in [4.78, 5) is 0. The maximum atomic E-state index is 9.81. The van der Waals surface area contributed by atoms with Crippen LogP contribution in [0.4, 0.5) is 0 Å². The Morgan fingerprint density at radius 3 is 2.00 bits per heavy atom. The molecule has 0 heterocycles. The molecule has 0 aromatic heterocycles. The van der Waals surface area contributed by atoms with Gasteiger partial charge in [-0.1, -0.05) is 12.1 Å². The Balaban J connectivity index is 2.49. The molecule has 0 unspecified atom stereocenters. The fourth-order valence-electron chi connectivity index (χ4n) is 1.38. The highest BCUT2D eigenvalue weighted by atomic mass is 127. The van der Waals surface area contributed by atoms with E-state index < -0.39 is 0 Å². The highest BCUT2D eigenvalue weighted by Crippen LogP contribution is 2.30. The van der Waals surface area contributed by atoms with E-state index in [1.165, 1.54) is 3.57 Å². The van der Waals surface area contributed by atoms with E-state index in [0.29, 0.717) is 5.75 Å². The maximum absolute atomic E-state index is 9.81. The van der Waals surface area contributed by atoms with Crippen molar-refractivity contribution in [2.24, 2.45) is 0 Å². The molecule has 0 spiro atoms. The van der Waals surface area contributed by atoms with Crippen LogP contribution in [0.1, 0.15) is 0 Å². The Bertz CT molecular complexity index is 477. The molecule has 2 aromatic carbocycles. The molecule has 0 radical (unpaired) electrons. The third kappa shape index (κ3) is 2.63. The first-order valence-corrected chi connectivity index (χ1v) is 6.57. The first-order chi connectivity index (χ1) is 7.16. The van der Waals surface area contributed by atoms with E-state index in [9.17, 15) is 5.11 Å². The highest BCUT2D eigenvalue weighted by molar-refractivity contribution is 14.1. The molecule has 0 amide bonds. The molecule has 0 aliphatic heterocycles. The second-order valence-electron chi connectivity index (χ2n) is 3.17. The van der Waals surface area contributed by atoms with E-state index in [2.05, 4.69) is 45.2 Å². The van der Waals surface area contributed by atoms with Crippen molar-refractivity contribution in [2.75, 3.05) is 0 Å². The Kier molecular flexibility index (Phi) is 3.50. The minimum Gasteiger partial charge on any atom is -0.507 e. The van der Waals surface area contributed by atoms with Gasteiger partial charge in [-0.2, -0.15) is 0 Å². The first kappa shape index (κ1) is 11.2. The predicted molar refractivity (Wildman–Crippen MR) is 79.0 cm³/mol. The van der Waals surface area contributed by atoms with Gasteiger partial charge in [-0.15, -0.1) is 0 Å². The minimum absolute atomic E-state index is 0.336. The van der Waals surface area contributed by atoms with Gasteiger partial charge in [-0.25, -0.2) is 0 Å². The van der Waals surface area contributed by atoms with Crippen LogP contribution in [0.2, 0.25) is 0 Å². The number of halogens is 2. The van der Waals surface area contributed by atoms with Crippen molar-refractivity contribution >= 4 is 45.2 Å². The van der Waals surface area contributed by atoms with Gasteiger partial charge in [0, 0.05) is 12.7 Å². The van der Waals surface area contributed by atoms with Crippen LogP contribution >= 0.6 is 45.2 Å². The van der Waals surface area contributed by atoms with Crippen LogP contribution in [0, 0.1) is 7.14 Å². The van der Waals surface area contributed by atoms with Gasteiger partial charge in [-0.3, -0.25) is 0 Å². The summed E-state index contributed by atoms with van der Waals surface area (Å²) >= 11 is 4.45. The van der Waals surface area contributed by atoms with E-state index in [1.54, 1.807) is 6.07 Å². The zero-order valence-corrected chi connectivity index (χ0v) is 12.1. The van der Waals surface area contributed by atoms with Gasteiger partial charge in [0.15, 0.2) is 0 Å². The fourth-order valence-corrected chi connectivity index (χ4v) is 2.21. The van der Waals surface area contributed by atoms with Gasteiger partial charge in [0.05, 0.1) is 0 Å². The molecule has 76 valence electrons. The zero-order chi connectivity index (χ0) is 10.8. The Morgan fingerprint density at radius 2 is 1.40 bits per heavy atom. The minimum atomic E-state index is 0.336. The number of hydrogen-bond donors (Lipinski definition) is 1. The standard InChI is InChI=1S/C12H8I2O/c13-9-3-1-8(2-4-9)11-6-5-10(14)7-12(11)15/h1-7,15H. The summed E-state index contributed by atoms with van der Waals surface area (Å²) < 4.78 is 2.24. The lowest BCUT2D eigenvalue weighted by atomic mass is 10.1. The summed E-state index contributed by atoms with van der Waals surface area (Å²) in [7, 11) is 0. The van der Waals surface area contributed by atoms with E-state index in [0.717, 1.165) is 14.7 Å². The summed E-state index contributed by atoms with van der Waals surface area (Å²) in [6.07, 6.45) is 0. The normalized spacial score (nSPS) is 10.3. The van der Waals surface area contributed by atoms with Gasteiger partial charge in [0.1, 0.15) is 5.75 Å². The second-order valence-corrected chi connectivity index (χ2v) is 5.66. The predicted octanol–water partition coefficient (Wildman–Crippen LogP) is 4.27. The summed E-state index contributed by atoms with van der Waals surface area (Å²) in [5.74, 6) is 0.336. The summed E-state index contributed by atoms with van der Waals surface area (Å²) in [5, 5.41) is 9.81. The van der Waals surface area contributed by atoms with E-state index in [-0.39, 0.29) is 0 Å². The van der Waals surface area contributed by atoms with Crippen LogP contribution in [0.25, 0.3) is 11.1 Å². The van der Waals surface area contributed by atoms with Crippen LogP contribution in [0.5, 0.6) is 5.75 Å². The summed E-state index contributed by atoms with van der Waals surface area (Å²) in [6.45, 7) is 0. The van der Waals surface area contributed by atoms with Crippen molar-refractivity contribution in [3.8, 4) is 16.9 Å². The highest BCUT2D eigenvalue weighted by Gasteiger charge is 2.03. The van der Waals surface area contributed by atoms with Crippen LogP contribution in [0.15, 0.2) is 42.5 Å². The first-order valence-electron chi connectivity index (χ1n) is 4.41. The topological polar surface area (TPSA) is 20.2 Å². The smallest absolute Gasteiger partial charge is 0.124 e. The summed E-state index contributed by atoms with van der Waals surface area (Å²) in [6, 6.07) is 13.8.